The standard InChI is InChI=1S/C24H34FN5O6/c1-13(27-23(32)36-24(2,3)4)19(12-33-5)29-22-18(25)11-17(20(26)31)21(30-22)28-14-8-15(34-6)10-16(9-14)35-7/h8-11,13,19H,12H2,1-7H3,(H2,26,31)(H,27,32)(H2,28,29,30)/t13-,19+/m0/s1. The second-order valence-electron chi connectivity index (χ2n) is 8.95. The van der Waals surface area contributed by atoms with Crippen LogP contribution in [0.15, 0.2) is 24.3 Å². The van der Waals surface area contributed by atoms with E-state index >= 15 is 0 Å². The van der Waals surface area contributed by atoms with Gasteiger partial charge in [-0.15, -0.1) is 0 Å². The first-order chi connectivity index (χ1) is 16.9. The number of primary amides is 1. The highest BCUT2D eigenvalue weighted by molar-refractivity contribution is 5.98. The first kappa shape index (κ1) is 28.4. The minimum atomic E-state index is -0.876. The maximum atomic E-state index is 15.0. The molecule has 11 nitrogen and oxygen atoms in total. The van der Waals surface area contributed by atoms with Crippen molar-refractivity contribution in [1.82, 2.24) is 10.3 Å². The van der Waals surface area contributed by atoms with Gasteiger partial charge in [0.15, 0.2) is 11.6 Å². The van der Waals surface area contributed by atoms with Crippen LogP contribution in [0.25, 0.3) is 0 Å². The molecule has 0 spiro atoms. The lowest BCUT2D eigenvalue weighted by Gasteiger charge is -2.28. The Morgan fingerprint density at radius 2 is 1.67 bits per heavy atom. The van der Waals surface area contributed by atoms with Crippen molar-refractivity contribution < 1.29 is 32.9 Å². The van der Waals surface area contributed by atoms with Crippen LogP contribution in [0.5, 0.6) is 11.5 Å². The van der Waals surface area contributed by atoms with E-state index < -0.39 is 35.5 Å². The molecule has 0 fully saturated rings. The lowest BCUT2D eigenvalue weighted by Crippen LogP contribution is -2.48. The van der Waals surface area contributed by atoms with Gasteiger partial charge in [0.2, 0.25) is 0 Å². The number of benzene rings is 1. The number of halogens is 1. The molecule has 2 amide bonds. The van der Waals surface area contributed by atoms with Gasteiger partial charge < -0.3 is 40.6 Å². The molecule has 0 saturated carbocycles. The third-order valence-corrected chi connectivity index (χ3v) is 4.87. The molecular formula is C24H34FN5O6. The van der Waals surface area contributed by atoms with Crippen molar-refractivity contribution >= 4 is 29.3 Å². The average molecular weight is 508 g/mol. The minimum absolute atomic E-state index is 0.00521. The predicted molar refractivity (Wildman–Crippen MR) is 134 cm³/mol. The number of carbonyl (C=O) groups is 2. The number of aromatic nitrogens is 1. The molecule has 0 aliphatic carbocycles. The third kappa shape index (κ3) is 8.15. The van der Waals surface area contributed by atoms with Crippen molar-refractivity contribution in [2.75, 3.05) is 38.6 Å². The van der Waals surface area contributed by atoms with Crippen LogP contribution in [0.3, 0.4) is 0 Å². The highest BCUT2D eigenvalue weighted by Crippen LogP contribution is 2.30. The number of rotatable bonds is 11. The highest BCUT2D eigenvalue weighted by atomic mass is 19.1. The summed E-state index contributed by atoms with van der Waals surface area (Å²) < 4.78 is 36.0. The van der Waals surface area contributed by atoms with Gasteiger partial charge in [-0.3, -0.25) is 4.79 Å². The van der Waals surface area contributed by atoms with Gasteiger partial charge in [0.05, 0.1) is 38.5 Å². The number of methoxy groups -OCH3 is 3. The van der Waals surface area contributed by atoms with E-state index in [1.165, 1.54) is 21.3 Å². The van der Waals surface area contributed by atoms with Crippen LogP contribution >= 0.6 is 0 Å². The largest absolute Gasteiger partial charge is 0.497 e. The Labute approximate surface area is 209 Å². The van der Waals surface area contributed by atoms with Crippen molar-refractivity contribution in [3.05, 3.63) is 35.6 Å². The summed E-state index contributed by atoms with van der Waals surface area (Å²) in [5.41, 5.74) is 5.08. The van der Waals surface area contributed by atoms with Gasteiger partial charge in [-0.25, -0.2) is 14.2 Å². The van der Waals surface area contributed by atoms with Gasteiger partial charge in [-0.2, -0.15) is 0 Å². The first-order valence-corrected chi connectivity index (χ1v) is 11.1. The number of nitrogens with one attached hydrogen (secondary N) is 3. The van der Waals surface area contributed by atoms with Gasteiger partial charge in [-0.1, -0.05) is 0 Å². The molecule has 2 atom stereocenters. The van der Waals surface area contributed by atoms with Gasteiger partial charge >= 0.3 is 6.09 Å². The Hall–Kier alpha value is -3.80. The second-order valence-corrected chi connectivity index (χ2v) is 8.95. The molecule has 12 heteroatoms. The summed E-state index contributed by atoms with van der Waals surface area (Å²) in [6.07, 6.45) is -0.635. The Kier molecular flexibility index (Phi) is 9.68. The molecule has 198 valence electrons. The van der Waals surface area contributed by atoms with E-state index in [0.717, 1.165) is 6.07 Å². The molecule has 2 rings (SSSR count). The zero-order valence-corrected chi connectivity index (χ0v) is 21.5. The summed E-state index contributed by atoms with van der Waals surface area (Å²) in [5, 5.41) is 8.59. The zero-order valence-electron chi connectivity index (χ0n) is 21.5. The van der Waals surface area contributed by atoms with E-state index in [-0.39, 0.29) is 23.8 Å². The summed E-state index contributed by atoms with van der Waals surface area (Å²) >= 11 is 0. The lowest BCUT2D eigenvalue weighted by molar-refractivity contribution is 0.0493. The van der Waals surface area contributed by atoms with Crippen LogP contribution in [0.1, 0.15) is 38.1 Å². The number of anilines is 3. The number of hydrogen-bond acceptors (Lipinski definition) is 9. The fourth-order valence-corrected chi connectivity index (χ4v) is 3.15. The van der Waals surface area contributed by atoms with E-state index in [1.54, 1.807) is 45.9 Å². The van der Waals surface area contributed by atoms with Gasteiger partial charge in [0, 0.05) is 31.0 Å². The quantitative estimate of drug-likeness (QED) is 0.359. The van der Waals surface area contributed by atoms with E-state index in [9.17, 15) is 14.0 Å². The molecular weight excluding hydrogens is 473 g/mol. The van der Waals surface area contributed by atoms with Gasteiger partial charge in [0.25, 0.3) is 5.91 Å². The van der Waals surface area contributed by atoms with Crippen LogP contribution in [0.4, 0.5) is 26.5 Å². The summed E-state index contributed by atoms with van der Waals surface area (Å²) in [4.78, 5) is 28.5. The Balaban J connectivity index is 2.37. The second kappa shape index (κ2) is 12.2. The Bertz CT molecular complexity index is 1050. The molecule has 1 aromatic carbocycles. The van der Waals surface area contributed by atoms with Crippen molar-refractivity contribution in [3.8, 4) is 11.5 Å². The number of nitrogens with two attached hydrogens (primary N) is 1. The molecule has 36 heavy (non-hydrogen) atoms. The normalized spacial score (nSPS) is 12.8. The van der Waals surface area contributed by atoms with Crippen LogP contribution < -0.4 is 31.2 Å². The van der Waals surface area contributed by atoms with Crippen molar-refractivity contribution in [2.24, 2.45) is 5.73 Å². The maximum Gasteiger partial charge on any atom is 0.407 e. The smallest absolute Gasteiger partial charge is 0.407 e. The average Bonchev–Trinajstić information content (AvgIpc) is 2.78. The number of ether oxygens (including phenoxy) is 4. The topological polar surface area (TPSA) is 146 Å². The number of pyridine rings is 1. The monoisotopic (exact) mass is 507 g/mol. The number of nitrogens with zero attached hydrogens (tertiary/aromatic N) is 1. The van der Waals surface area contributed by atoms with Crippen LogP contribution in [-0.4, -0.2) is 62.6 Å². The van der Waals surface area contributed by atoms with Gasteiger partial charge in [0.1, 0.15) is 22.9 Å². The number of alkyl carbamates (subject to hydrolysis) is 1. The molecule has 1 aromatic heterocycles. The number of carbonyl (C=O) groups excluding carboxylic acids is 2. The molecule has 0 aliphatic heterocycles. The fraction of sp³-hybridized carbons (Fsp3) is 0.458. The van der Waals surface area contributed by atoms with Crippen molar-refractivity contribution in [2.45, 2.75) is 45.4 Å². The summed E-state index contributed by atoms with van der Waals surface area (Å²) in [6.45, 7) is 7.04. The fourth-order valence-electron chi connectivity index (χ4n) is 3.15. The lowest BCUT2D eigenvalue weighted by atomic mass is 10.1. The van der Waals surface area contributed by atoms with Gasteiger partial charge in [-0.05, 0) is 33.8 Å². The molecule has 5 N–H and O–H groups in total. The molecule has 1 heterocycles. The molecule has 0 bridgehead atoms. The Morgan fingerprint density at radius 1 is 1.06 bits per heavy atom. The highest BCUT2D eigenvalue weighted by Gasteiger charge is 2.25. The van der Waals surface area contributed by atoms with Crippen molar-refractivity contribution in [3.63, 3.8) is 0 Å². The summed E-state index contributed by atoms with van der Waals surface area (Å²) in [5.74, 6) is -0.898. The molecule has 0 radical (unpaired) electrons. The zero-order chi connectivity index (χ0) is 27.0. The van der Waals surface area contributed by atoms with Crippen LogP contribution in [-0.2, 0) is 9.47 Å². The molecule has 2 aromatic rings. The summed E-state index contributed by atoms with van der Waals surface area (Å²) in [6, 6.07) is 4.79. The number of amides is 2. The Morgan fingerprint density at radius 3 is 2.17 bits per heavy atom. The predicted octanol–water partition coefficient (Wildman–Crippen LogP) is 3.42. The van der Waals surface area contributed by atoms with E-state index in [4.69, 9.17) is 24.7 Å². The van der Waals surface area contributed by atoms with Crippen LogP contribution in [0, 0.1) is 5.82 Å². The first-order valence-electron chi connectivity index (χ1n) is 11.1. The maximum absolute atomic E-state index is 15.0. The van der Waals surface area contributed by atoms with Crippen molar-refractivity contribution in [1.29, 1.82) is 0 Å². The summed E-state index contributed by atoms with van der Waals surface area (Å²) in [7, 11) is 4.46. The number of hydrogen-bond donors (Lipinski definition) is 4. The molecule has 0 unspecified atom stereocenters. The SMILES string of the molecule is COC[C@@H](Nc1nc(Nc2cc(OC)cc(OC)c2)c(C(N)=O)cc1F)[C@H](C)NC(=O)OC(C)(C)C. The molecule has 0 saturated heterocycles. The molecule has 0 aliphatic rings. The van der Waals surface area contributed by atoms with E-state index in [0.29, 0.717) is 17.2 Å². The van der Waals surface area contributed by atoms with E-state index in [1.807, 2.05) is 0 Å². The van der Waals surface area contributed by atoms with E-state index in [2.05, 4.69) is 20.9 Å². The third-order valence-electron chi connectivity index (χ3n) is 4.87. The minimum Gasteiger partial charge on any atom is -0.497 e. The van der Waals surface area contributed by atoms with Crippen LogP contribution in [0.2, 0.25) is 0 Å².